The lowest BCUT2D eigenvalue weighted by Crippen LogP contribution is -2.13. The van der Waals surface area contributed by atoms with Gasteiger partial charge in [-0.25, -0.2) is 9.67 Å². The summed E-state index contributed by atoms with van der Waals surface area (Å²) in [5.74, 6) is 0.794. The first-order chi connectivity index (χ1) is 8.54. The van der Waals surface area contributed by atoms with Gasteiger partial charge in [-0.1, -0.05) is 11.6 Å². The van der Waals surface area contributed by atoms with Gasteiger partial charge in [-0.15, -0.1) is 0 Å². The predicted octanol–water partition coefficient (Wildman–Crippen LogP) is 2.82. The van der Waals surface area contributed by atoms with E-state index in [0.29, 0.717) is 5.02 Å². The average Bonchev–Trinajstić information content (AvgIpc) is 2.66. The zero-order valence-corrected chi connectivity index (χ0v) is 11.8. The Labute approximate surface area is 112 Å². The molecule has 0 radical (unpaired) electrons. The van der Waals surface area contributed by atoms with Crippen LogP contribution in [-0.2, 0) is 0 Å². The van der Waals surface area contributed by atoms with Crippen LogP contribution in [0.3, 0.4) is 0 Å². The SMILES string of the molecule is CNC(C)c1ccnc(-n2nc(C)c(Cl)c2C)c1. The zero-order valence-electron chi connectivity index (χ0n) is 11.0. The Morgan fingerprint density at radius 1 is 1.39 bits per heavy atom. The second-order valence-electron chi connectivity index (χ2n) is 4.35. The molecule has 0 bridgehead atoms. The Bertz CT molecular complexity index is 562. The number of nitrogens with zero attached hydrogens (tertiary/aromatic N) is 3. The minimum Gasteiger partial charge on any atom is -0.313 e. The molecule has 96 valence electrons. The highest BCUT2D eigenvalue weighted by atomic mass is 35.5. The van der Waals surface area contributed by atoms with E-state index in [4.69, 9.17) is 11.6 Å². The van der Waals surface area contributed by atoms with Gasteiger partial charge in [-0.05, 0) is 45.5 Å². The molecule has 2 heterocycles. The molecule has 0 aliphatic rings. The standard InChI is InChI=1S/C13H17ClN4/c1-8(15-4)11-5-6-16-12(7-11)18-10(3)13(14)9(2)17-18/h5-8,15H,1-4H3. The van der Waals surface area contributed by atoms with Gasteiger partial charge in [0.1, 0.15) is 0 Å². The fourth-order valence-electron chi connectivity index (χ4n) is 1.83. The molecule has 2 aromatic heterocycles. The molecule has 0 aliphatic heterocycles. The van der Waals surface area contributed by atoms with E-state index in [-0.39, 0.29) is 6.04 Å². The van der Waals surface area contributed by atoms with E-state index in [1.165, 1.54) is 5.56 Å². The first-order valence-electron chi connectivity index (χ1n) is 5.90. The molecule has 2 rings (SSSR count). The number of rotatable bonds is 3. The van der Waals surface area contributed by atoms with Crippen LogP contribution in [-0.4, -0.2) is 21.8 Å². The Morgan fingerprint density at radius 2 is 2.11 bits per heavy atom. The molecular weight excluding hydrogens is 248 g/mol. The number of nitrogens with one attached hydrogen (secondary N) is 1. The van der Waals surface area contributed by atoms with E-state index in [1.807, 2.05) is 33.0 Å². The quantitative estimate of drug-likeness (QED) is 0.927. The minimum absolute atomic E-state index is 0.277. The summed E-state index contributed by atoms with van der Waals surface area (Å²) in [7, 11) is 1.94. The summed E-state index contributed by atoms with van der Waals surface area (Å²) < 4.78 is 1.78. The molecule has 0 fully saturated rings. The predicted molar refractivity (Wildman–Crippen MR) is 73.3 cm³/mol. The molecule has 1 unspecified atom stereocenters. The first kappa shape index (κ1) is 13.1. The molecule has 0 aromatic carbocycles. The molecule has 5 heteroatoms. The van der Waals surface area contributed by atoms with Crippen LogP contribution in [0, 0.1) is 13.8 Å². The number of pyridine rings is 1. The number of hydrogen-bond acceptors (Lipinski definition) is 3. The van der Waals surface area contributed by atoms with E-state index in [0.717, 1.165) is 17.2 Å². The summed E-state index contributed by atoms with van der Waals surface area (Å²) in [4.78, 5) is 4.36. The van der Waals surface area contributed by atoms with Crippen LogP contribution >= 0.6 is 11.6 Å². The molecule has 18 heavy (non-hydrogen) atoms. The fourth-order valence-corrected chi connectivity index (χ4v) is 1.95. The van der Waals surface area contributed by atoms with Crippen LogP contribution in [0.2, 0.25) is 5.02 Å². The largest absolute Gasteiger partial charge is 0.313 e. The number of aromatic nitrogens is 3. The van der Waals surface area contributed by atoms with Gasteiger partial charge in [0.2, 0.25) is 0 Å². The minimum atomic E-state index is 0.277. The topological polar surface area (TPSA) is 42.7 Å². The maximum Gasteiger partial charge on any atom is 0.153 e. The van der Waals surface area contributed by atoms with Crippen LogP contribution in [0.15, 0.2) is 18.3 Å². The van der Waals surface area contributed by atoms with Crippen LogP contribution in [0.25, 0.3) is 5.82 Å². The van der Waals surface area contributed by atoms with Gasteiger partial charge in [0.25, 0.3) is 0 Å². The maximum atomic E-state index is 6.15. The van der Waals surface area contributed by atoms with Crippen molar-refractivity contribution in [1.29, 1.82) is 0 Å². The zero-order chi connectivity index (χ0) is 13.3. The third-order valence-electron chi connectivity index (χ3n) is 3.12. The van der Waals surface area contributed by atoms with Crippen molar-refractivity contribution in [3.63, 3.8) is 0 Å². The van der Waals surface area contributed by atoms with E-state index < -0.39 is 0 Å². The van der Waals surface area contributed by atoms with E-state index in [1.54, 1.807) is 10.9 Å². The lowest BCUT2D eigenvalue weighted by atomic mass is 10.1. The maximum absolute atomic E-state index is 6.15. The highest BCUT2D eigenvalue weighted by molar-refractivity contribution is 6.31. The highest BCUT2D eigenvalue weighted by Crippen LogP contribution is 2.22. The fraction of sp³-hybridized carbons (Fsp3) is 0.385. The van der Waals surface area contributed by atoms with Crippen molar-refractivity contribution in [2.24, 2.45) is 0 Å². The Hall–Kier alpha value is -1.39. The van der Waals surface area contributed by atoms with Gasteiger partial charge in [0, 0.05) is 12.2 Å². The van der Waals surface area contributed by atoms with E-state index >= 15 is 0 Å². The van der Waals surface area contributed by atoms with Crippen LogP contribution in [0.5, 0.6) is 0 Å². The molecule has 0 spiro atoms. The van der Waals surface area contributed by atoms with Gasteiger partial charge in [0.05, 0.1) is 16.4 Å². The van der Waals surface area contributed by atoms with Crippen molar-refractivity contribution in [1.82, 2.24) is 20.1 Å². The van der Waals surface area contributed by atoms with Crippen LogP contribution < -0.4 is 5.32 Å². The van der Waals surface area contributed by atoms with Gasteiger partial charge >= 0.3 is 0 Å². The van der Waals surface area contributed by atoms with Crippen molar-refractivity contribution < 1.29 is 0 Å². The molecule has 0 saturated carbocycles. The molecule has 0 amide bonds. The van der Waals surface area contributed by atoms with Gasteiger partial charge in [-0.2, -0.15) is 5.10 Å². The molecule has 0 saturated heterocycles. The van der Waals surface area contributed by atoms with Crippen molar-refractivity contribution in [3.05, 3.63) is 40.3 Å². The summed E-state index contributed by atoms with van der Waals surface area (Å²) in [5.41, 5.74) is 2.91. The monoisotopic (exact) mass is 264 g/mol. The summed E-state index contributed by atoms with van der Waals surface area (Å²) in [6.45, 7) is 5.94. The van der Waals surface area contributed by atoms with Gasteiger partial charge < -0.3 is 5.32 Å². The Kier molecular flexibility index (Phi) is 3.68. The third kappa shape index (κ3) is 2.26. The average molecular weight is 265 g/mol. The van der Waals surface area contributed by atoms with Crippen molar-refractivity contribution >= 4 is 11.6 Å². The summed E-state index contributed by atoms with van der Waals surface area (Å²) in [6.07, 6.45) is 1.79. The number of hydrogen-bond donors (Lipinski definition) is 1. The normalized spacial score (nSPS) is 12.7. The van der Waals surface area contributed by atoms with E-state index in [9.17, 15) is 0 Å². The molecule has 1 N–H and O–H groups in total. The smallest absolute Gasteiger partial charge is 0.153 e. The Morgan fingerprint density at radius 3 is 2.67 bits per heavy atom. The lowest BCUT2D eigenvalue weighted by Gasteiger charge is -2.12. The summed E-state index contributed by atoms with van der Waals surface area (Å²) in [6, 6.07) is 4.30. The third-order valence-corrected chi connectivity index (χ3v) is 3.67. The van der Waals surface area contributed by atoms with Crippen molar-refractivity contribution in [2.45, 2.75) is 26.8 Å². The summed E-state index contributed by atoms with van der Waals surface area (Å²) in [5, 5.41) is 8.31. The molecule has 1 atom stereocenters. The van der Waals surface area contributed by atoms with E-state index in [2.05, 4.69) is 22.3 Å². The molecular formula is C13H17ClN4. The number of aryl methyl sites for hydroxylation is 1. The van der Waals surface area contributed by atoms with Gasteiger partial charge in [-0.3, -0.25) is 0 Å². The Balaban J connectivity index is 2.48. The van der Waals surface area contributed by atoms with Crippen molar-refractivity contribution in [2.75, 3.05) is 7.05 Å². The van der Waals surface area contributed by atoms with Crippen LogP contribution in [0.4, 0.5) is 0 Å². The van der Waals surface area contributed by atoms with Crippen LogP contribution in [0.1, 0.15) is 29.9 Å². The second kappa shape index (κ2) is 5.08. The highest BCUT2D eigenvalue weighted by Gasteiger charge is 2.12. The summed E-state index contributed by atoms with van der Waals surface area (Å²) >= 11 is 6.15. The molecule has 4 nitrogen and oxygen atoms in total. The van der Waals surface area contributed by atoms with Gasteiger partial charge in [0.15, 0.2) is 5.82 Å². The first-order valence-corrected chi connectivity index (χ1v) is 6.27. The van der Waals surface area contributed by atoms with Crippen molar-refractivity contribution in [3.8, 4) is 5.82 Å². The number of halogens is 1. The second-order valence-corrected chi connectivity index (χ2v) is 4.73. The lowest BCUT2D eigenvalue weighted by molar-refractivity contribution is 0.649. The molecule has 0 aliphatic carbocycles. The molecule has 2 aromatic rings.